The van der Waals surface area contributed by atoms with Crippen LogP contribution in [-0.2, 0) is 28.6 Å². The molecule has 0 N–H and O–H groups in total. The smallest absolute Gasteiger partial charge is 0.306 e. The largest absolute Gasteiger partial charge is 0.462 e. The van der Waals surface area contributed by atoms with E-state index in [0.717, 1.165) is 70.6 Å². The topological polar surface area (TPSA) is 78.9 Å². The van der Waals surface area contributed by atoms with Gasteiger partial charge in [-0.3, -0.25) is 14.4 Å². The Bertz CT molecular complexity index is 1130. The normalized spacial score (nSPS) is 12.0. The van der Waals surface area contributed by atoms with Gasteiger partial charge in [0.15, 0.2) is 6.10 Å². The van der Waals surface area contributed by atoms with E-state index in [1.807, 2.05) is 0 Å². The molecular formula is C67H128O6. The Kier molecular flexibility index (Phi) is 61.1. The highest BCUT2D eigenvalue weighted by Gasteiger charge is 2.19. The predicted molar refractivity (Wildman–Crippen MR) is 317 cm³/mol. The van der Waals surface area contributed by atoms with Crippen LogP contribution in [0.5, 0.6) is 0 Å². The molecule has 0 spiro atoms. The van der Waals surface area contributed by atoms with Gasteiger partial charge in [-0.15, -0.1) is 0 Å². The summed E-state index contributed by atoms with van der Waals surface area (Å²) in [5, 5.41) is 0. The van der Waals surface area contributed by atoms with Crippen molar-refractivity contribution in [2.45, 2.75) is 386 Å². The molecule has 0 aromatic carbocycles. The number of rotatable bonds is 62. The van der Waals surface area contributed by atoms with Gasteiger partial charge < -0.3 is 14.2 Å². The molecule has 0 aromatic heterocycles. The molecule has 0 radical (unpaired) electrons. The van der Waals surface area contributed by atoms with E-state index in [0.29, 0.717) is 19.3 Å². The number of carbonyl (C=O) groups excluding carboxylic acids is 3. The van der Waals surface area contributed by atoms with Crippen LogP contribution >= 0.6 is 0 Å². The molecule has 0 rings (SSSR count). The van der Waals surface area contributed by atoms with Crippen LogP contribution < -0.4 is 0 Å². The SMILES string of the molecule is CCC/C=C\CCCCCCCC(=O)OCC(COC(=O)CCCCCCCCCCCCCCCCCCCCCCCCCCC)OC(=O)CCCCCCCCCCCCCCCCCCCCCC. The Morgan fingerprint density at radius 2 is 0.479 bits per heavy atom. The Labute approximate surface area is 456 Å². The van der Waals surface area contributed by atoms with Crippen molar-refractivity contribution in [2.75, 3.05) is 13.2 Å². The predicted octanol–water partition coefficient (Wildman–Crippen LogP) is 22.4. The lowest BCUT2D eigenvalue weighted by Gasteiger charge is -2.18. The summed E-state index contributed by atoms with van der Waals surface area (Å²) in [5.74, 6) is -0.847. The number of hydrogen-bond acceptors (Lipinski definition) is 6. The molecule has 0 amide bonds. The molecule has 0 fully saturated rings. The molecule has 6 heteroatoms. The van der Waals surface area contributed by atoms with E-state index < -0.39 is 6.10 Å². The van der Waals surface area contributed by atoms with Gasteiger partial charge in [-0.1, -0.05) is 335 Å². The van der Waals surface area contributed by atoms with Gasteiger partial charge in [0.05, 0.1) is 0 Å². The van der Waals surface area contributed by atoms with Crippen LogP contribution in [0.3, 0.4) is 0 Å². The lowest BCUT2D eigenvalue weighted by Crippen LogP contribution is -2.30. The molecule has 73 heavy (non-hydrogen) atoms. The van der Waals surface area contributed by atoms with Crippen LogP contribution in [0.15, 0.2) is 12.2 Å². The number of unbranched alkanes of at least 4 members (excludes halogenated alkanes) is 49. The van der Waals surface area contributed by atoms with E-state index in [-0.39, 0.29) is 31.1 Å². The first-order valence-electron chi connectivity index (χ1n) is 33.2. The second-order valence-electron chi connectivity index (χ2n) is 22.7. The maximum absolute atomic E-state index is 12.9. The fourth-order valence-corrected chi connectivity index (χ4v) is 10.3. The Hall–Kier alpha value is -1.85. The molecule has 0 aliphatic heterocycles. The highest BCUT2D eigenvalue weighted by atomic mass is 16.6. The first kappa shape index (κ1) is 71.2. The monoisotopic (exact) mass is 1030 g/mol. The van der Waals surface area contributed by atoms with Crippen LogP contribution in [0, 0.1) is 0 Å². The zero-order valence-electron chi connectivity index (χ0n) is 49.7. The fraction of sp³-hybridized carbons (Fsp3) is 0.925. The van der Waals surface area contributed by atoms with E-state index in [4.69, 9.17) is 14.2 Å². The average molecular weight is 1030 g/mol. The third-order valence-electron chi connectivity index (χ3n) is 15.3. The highest BCUT2D eigenvalue weighted by Crippen LogP contribution is 2.19. The molecule has 0 saturated heterocycles. The maximum Gasteiger partial charge on any atom is 0.306 e. The average Bonchev–Trinajstić information content (AvgIpc) is 3.39. The first-order chi connectivity index (χ1) is 36.0. The summed E-state index contributed by atoms with van der Waals surface area (Å²) in [4.78, 5) is 38.2. The maximum atomic E-state index is 12.9. The third kappa shape index (κ3) is 60.9. The van der Waals surface area contributed by atoms with Gasteiger partial charge in [0, 0.05) is 19.3 Å². The molecule has 0 aromatic rings. The van der Waals surface area contributed by atoms with Gasteiger partial charge in [-0.05, 0) is 38.5 Å². The van der Waals surface area contributed by atoms with E-state index in [1.54, 1.807) is 0 Å². The number of esters is 3. The molecule has 0 heterocycles. The lowest BCUT2D eigenvalue weighted by molar-refractivity contribution is -0.167. The van der Waals surface area contributed by atoms with Crippen molar-refractivity contribution in [3.63, 3.8) is 0 Å². The van der Waals surface area contributed by atoms with Crippen molar-refractivity contribution in [1.29, 1.82) is 0 Å². The third-order valence-corrected chi connectivity index (χ3v) is 15.3. The molecule has 6 nitrogen and oxygen atoms in total. The van der Waals surface area contributed by atoms with E-state index >= 15 is 0 Å². The summed E-state index contributed by atoms with van der Waals surface area (Å²) in [7, 11) is 0. The Balaban J connectivity index is 4.14. The highest BCUT2D eigenvalue weighted by molar-refractivity contribution is 5.71. The first-order valence-corrected chi connectivity index (χ1v) is 33.2. The second-order valence-corrected chi connectivity index (χ2v) is 22.7. The Morgan fingerprint density at radius 3 is 0.740 bits per heavy atom. The van der Waals surface area contributed by atoms with Crippen LogP contribution in [0.2, 0.25) is 0 Å². The summed E-state index contributed by atoms with van der Waals surface area (Å²) in [6.45, 7) is 6.65. The van der Waals surface area contributed by atoms with Crippen molar-refractivity contribution in [3.05, 3.63) is 12.2 Å². The Morgan fingerprint density at radius 1 is 0.260 bits per heavy atom. The number of ether oxygens (including phenoxy) is 3. The molecule has 0 aliphatic rings. The van der Waals surface area contributed by atoms with Crippen molar-refractivity contribution in [2.24, 2.45) is 0 Å². The minimum Gasteiger partial charge on any atom is -0.462 e. The van der Waals surface area contributed by atoms with Crippen LogP contribution in [-0.4, -0.2) is 37.2 Å². The van der Waals surface area contributed by atoms with Gasteiger partial charge in [0.25, 0.3) is 0 Å². The van der Waals surface area contributed by atoms with Crippen molar-refractivity contribution >= 4 is 17.9 Å². The number of hydrogen-bond donors (Lipinski definition) is 0. The van der Waals surface area contributed by atoms with Gasteiger partial charge in [-0.2, -0.15) is 0 Å². The summed E-state index contributed by atoms with van der Waals surface area (Å²) in [6, 6.07) is 0. The number of allylic oxidation sites excluding steroid dienone is 2. The van der Waals surface area contributed by atoms with Crippen molar-refractivity contribution in [3.8, 4) is 0 Å². The molecule has 1 unspecified atom stereocenters. The molecule has 0 bridgehead atoms. The van der Waals surface area contributed by atoms with Crippen LogP contribution in [0.1, 0.15) is 380 Å². The second kappa shape index (κ2) is 62.7. The summed E-state index contributed by atoms with van der Waals surface area (Å²) in [5.41, 5.74) is 0. The van der Waals surface area contributed by atoms with Crippen molar-refractivity contribution in [1.82, 2.24) is 0 Å². The number of carbonyl (C=O) groups is 3. The molecule has 0 saturated carbocycles. The van der Waals surface area contributed by atoms with E-state index in [2.05, 4.69) is 32.9 Å². The summed E-state index contributed by atoms with van der Waals surface area (Å²) >= 11 is 0. The summed E-state index contributed by atoms with van der Waals surface area (Å²) in [6.07, 6.45) is 73.9. The standard InChI is InChI=1S/C67H128O6/c1-4-7-10-13-16-19-22-24-26-28-30-32-33-34-35-36-38-39-41-43-45-48-51-54-57-60-66(69)72-63-64(62-71-65(68)59-56-53-50-47-21-18-15-12-9-6-3)73-67(70)61-58-55-52-49-46-44-42-40-37-31-29-27-25-23-20-17-14-11-8-5-2/h12,15,64H,4-11,13-14,16-63H2,1-3H3/b15-12-. The molecule has 0 aliphatic carbocycles. The van der Waals surface area contributed by atoms with Crippen LogP contribution in [0.25, 0.3) is 0 Å². The lowest BCUT2D eigenvalue weighted by atomic mass is 10.0. The zero-order valence-corrected chi connectivity index (χ0v) is 49.7. The van der Waals surface area contributed by atoms with Gasteiger partial charge in [0.1, 0.15) is 13.2 Å². The van der Waals surface area contributed by atoms with Gasteiger partial charge >= 0.3 is 17.9 Å². The van der Waals surface area contributed by atoms with E-state index in [1.165, 1.54) is 270 Å². The van der Waals surface area contributed by atoms with Crippen LogP contribution in [0.4, 0.5) is 0 Å². The molecular weight excluding hydrogens is 901 g/mol. The zero-order chi connectivity index (χ0) is 52.9. The fourth-order valence-electron chi connectivity index (χ4n) is 10.3. The minimum absolute atomic E-state index is 0.0662. The molecule has 432 valence electrons. The summed E-state index contributed by atoms with van der Waals surface area (Å²) < 4.78 is 16.9. The molecule has 1 atom stereocenters. The van der Waals surface area contributed by atoms with E-state index in [9.17, 15) is 14.4 Å². The van der Waals surface area contributed by atoms with Crippen molar-refractivity contribution < 1.29 is 28.6 Å². The van der Waals surface area contributed by atoms with Gasteiger partial charge in [-0.25, -0.2) is 0 Å². The van der Waals surface area contributed by atoms with Gasteiger partial charge in [0.2, 0.25) is 0 Å². The quantitative estimate of drug-likeness (QED) is 0.0261. The minimum atomic E-state index is -0.768.